The minimum absolute atomic E-state index is 0.0393. The lowest BCUT2D eigenvalue weighted by Crippen LogP contribution is -2.41. The topological polar surface area (TPSA) is 121 Å². The first-order valence-electron chi connectivity index (χ1n) is 12.0. The lowest BCUT2D eigenvalue weighted by Gasteiger charge is -2.28. The van der Waals surface area contributed by atoms with Gasteiger partial charge in [0.25, 0.3) is 5.91 Å². The minimum Gasteiger partial charge on any atom is -0.319 e. The van der Waals surface area contributed by atoms with Crippen LogP contribution in [0.3, 0.4) is 0 Å². The van der Waals surface area contributed by atoms with Gasteiger partial charge in [-0.1, -0.05) is 6.92 Å². The van der Waals surface area contributed by atoms with Crippen LogP contribution in [0.5, 0.6) is 0 Å². The van der Waals surface area contributed by atoms with Gasteiger partial charge in [0.1, 0.15) is 5.82 Å². The maximum atomic E-state index is 15.0. The molecule has 17 heteroatoms. The minimum atomic E-state index is -4.57. The van der Waals surface area contributed by atoms with Crippen molar-refractivity contribution in [2.75, 3.05) is 30.9 Å². The molecule has 0 aliphatic rings. The molecule has 12 nitrogen and oxygen atoms in total. The second kappa shape index (κ2) is 11.9. The lowest BCUT2D eigenvalue weighted by atomic mass is 10.2. The predicted octanol–water partition coefficient (Wildman–Crippen LogP) is 4.25. The number of rotatable bonds is 9. The number of hydrogen-bond acceptors (Lipinski definition) is 11. The Kier molecular flexibility index (Phi) is 8.57. The zero-order valence-electron chi connectivity index (χ0n) is 22.5. The molecule has 0 aliphatic heterocycles. The van der Waals surface area contributed by atoms with E-state index in [4.69, 9.17) is 0 Å². The first-order valence-corrected chi connectivity index (χ1v) is 12.8. The van der Waals surface area contributed by atoms with Crippen molar-refractivity contribution in [3.8, 4) is 11.4 Å². The van der Waals surface area contributed by atoms with Gasteiger partial charge in [0.05, 0.1) is 22.4 Å². The summed E-state index contributed by atoms with van der Waals surface area (Å²) in [5.74, 6) is -1.20. The van der Waals surface area contributed by atoms with Crippen molar-refractivity contribution >= 4 is 34.3 Å². The van der Waals surface area contributed by atoms with Crippen LogP contribution in [0.4, 0.5) is 34.5 Å². The van der Waals surface area contributed by atoms with Crippen LogP contribution in [0.25, 0.3) is 11.4 Å². The van der Waals surface area contributed by atoms with Gasteiger partial charge < -0.3 is 10.2 Å². The third-order valence-corrected chi connectivity index (χ3v) is 6.37. The van der Waals surface area contributed by atoms with Gasteiger partial charge in [0, 0.05) is 70.2 Å². The molecule has 41 heavy (non-hydrogen) atoms. The van der Waals surface area contributed by atoms with E-state index in [1.165, 1.54) is 41.5 Å². The van der Waals surface area contributed by atoms with E-state index < -0.39 is 23.6 Å². The Balaban J connectivity index is 1.49. The Morgan fingerprint density at radius 2 is 1.85 bits per heavy atom. The van der Waals surface area contributed by atoms with E-state index in [1.54, 1.807) is 31.9 Å². The number of nitrogens with zero attached hydrogens (tertiary/aromatic N) is 10. The standard InChI is InChI=1S/C24H25F4N11OS/c1-6-38(5)39(10-9-36(3)22-29-11-15(12-30-22)24(26,27)28)21(40)16-7-8-18(31-19(16)25)32-23-33-20(35-41-23)17-13-37(4)34-14(17)2/h7-13H,6H2,1-5H3,(H,31,32,33,35)/b10-9-. The molecule has 0 saturated heterocycles. The van der Waals surface area contributed by atoms with Crippen LogP contribution in [-0.2, 0) is 13.2 Å². The first kappa shape index (κ1) is 29.5. The highest BCUT2D eigenvalue weighted by Crippen LogP contribution is 2.28. The number of carbonyl (C=O) groups excluding carboxylic acids is 1. The molecule has 4 rings (SSSR count). The van der Waals surface area contributed by atoms with Crippen molar-refractivity contribution in [2.45, 2.75) is 20.0 Å². The molecule has 0 radical (unpaired) electrons. The zero-order chi connectivity index (χ0) is 29.9. The summed E-state index contributed by atoms with van der Waals surface area (Å²) >= 11 is 1.06. The summed E-state index contributed by atoms with van der Waals surface area (Å²) in [5.41, 5.74) is 0.230. The normalized spacial score (nSPS) is 11.9. The largest absolute Gasteiger partial charge is 0.419 e. The van der Waals surface area contributed by atoms with Crippen molar-refractivity contribution in [1.29, 1.82) is 0 Å². The highest BCUT2D eigenvalue weighted by Gasteiger charge is 2.31. The van der Waals surface area contributed by atoms with Crippen LogP contribution in [-0.4, -0.2) is 70.7 Å². The van der Waals surface area contributed by atoms with Crippen LogP contribution >= 0.6 is 11.5 Å². The molecule has 1 N–H and O–H groups in total. The number of aryl methyl sites for hydroxylation is 2. The summed E-state index contributed by atoms with van der Waals surface area (Å²) in [4.78, 5) is 30.3. The zero-order valence-corrected chi connectivity index (χ0v) is 23.4. The Hall–Kier alpha value is -4.51. The summed E-state index contributed by atoms with van der Waals surface area (Å²) < 4.78 is 59.4. The van der Waals surface area contributed by atoms with Gasteiger partial charge in [-0.15, -0.1) is 0 Å². The van der Waals surface area contributed by atoms with Gasteiger partial charge in [-0.2, -0.15) is 32.0 Å². The molecular formula is C24H25F4N11OS. The predicted molar refractivity (Wildman–Crippen MR) is 143 cm³/mol. The number of aromatic nitrogens is 7. The number of carbonyl (C=O) groups is 1. The van der Waals surface area contributed by atoms with Gasteiger partial charge >= 0.3 is 6.18 Å². The van der Waals surface area contributed by atoms with Gasteiger partial charge in [-0.3, -0.25) is 9.48 Å². The number of anilines is 3. The molecule has 4 heterocycles. The van der Waals surface area contributed by atoms with Gasteiger partial charge in [-0.05, 0) is 19.1 Å². The second-order valence-electron chi connectivity index (χ2n) is 8.69. The Morgan fingerprint density at radius 1 is 1.15 bits per heavy atom. The molecule has 0 spiro atoms. The number of hydrogen-bond donors (Lipinski definition) is 1. The van der Waals surface area contributed by atoms with Gasteiger partial charge in [0.15, 0.2) is 5.82 Å². The van der Waals surface area contributed by atoms with Gasteiger partial charge in [0.2, 0.25) is 17.0 Å². The SMILES string of the molecule is CCN(C)N(/C=C\N(C)c1ncc(C(F)(F)F)cn1)C(=O)c1ccc(Nc2nc(-c3cn(C)nc3C)ns2)nc1F. The molecule has 0 fully saturated rings. The molecule has 4 aromatic heterocycles. The first-order chi connectivity index (χ1) is 19.4. The van der Waals surface area contributed by atoms with E-state index in [9.17, 15) is 18.0 Å². The summed E-state index contributed by atoms with van der Waals surface area (Å²) in [6, 6.07) is 2.72. The maximum absolute atomic E-state index is 15.0. The molecule has 1 amide bonds. The summed E-state index contributed by atoms with van der Waals surface area (Å²) in [6.45, 7) is 3.99. The van der Waals surface area contributed by atoms with Crippen LogP contribution in [0.15, 0.2) is 43.1 Å². The molecule has 0 saturated carbocycles. The molecular weight excluding hydrogens is 566 g/mol. The van der Waals surface area contributed by atoms with Crippen LogP contribution in [0, 0.1) is 12.9 Å². The van der Waals surface area contributed by atoms with E-state index in [2.05, 4.69) is 34.7 Å². The van der Waals surface area contributed by atoms with E-state index >= 15 is 4.39 Å². The molecule has 0 unspecified atom stereocenters. The third-order valence-electron chi connectivity index (χ3n) is 5.74. The number of nitrogens with one attached hydrogen (secondary N) is 1. The van der Waals surface area contributed by atoms with Crippen molar-refractivity contribution in [3.05, 3.63) is 65.9 Å². The summed E-state index contributed by atoms with van der Waals surface area (Å²) in [7, 11) is 4.89. The monoisotopic (exact) mass is 591 g/mol. The number of pyridine rings is 1. The molecule has 0 bridgehead atoms. The molecule has 216 valence electrons. The number of halogens is 4. The molecule has 4 aromatic rings. The van der Waals surface area contributed by atoms with Crippen molar-refractivity contribution in [2.24, 2.45) is 7.05 Å². The van der Waals surface area contributed by atoms with Crippen LogP contribution in [0.1, 0.15) is 28.5 Å². The quantitative estimate of drug-likeness (QED) is 0.172. The van der Waals surface area contributed by atoms with Crippen molar-refractivity contribution < 1.29 is 22.4 Å². The van der Waals surface area contributed by atoms with Crippen LogP contribution < -0.4 is 10.2 Å². The fourth-order valence-electron chi connectivity index (χ4n) is 3.47. The van der Waals surface area contributed by atoms with E-state index in [-0.39, 0.29) is 17.3 Å². The number of hydrazine groups is 1. The van der Waals surface area contributed by atoms with E-state index in [1.807, 2.05) is 6.92 Å². The smallest absolute Gasteiger partial charge is 0.319 e. The Morgan fingerprint density at radius 3 is 2.44 bits per heavy atom. The summed E-state index contributed by atoms with van der Waals surface area (Å²) in [6.07, 6.45) is 1.23. The molecule has 0 aliphatic carbocycles. The van der Waals surface area contributed by atoms with E-state index in [0.29, 0.717) is 29.9 Å². The summed E-state index contributed by atoms with van der Waals surface area (Å²) in [5, 5.41) is 10.2. The Labute approximate surface area is 236 Å². The highest BCUT2D eigenvalue weighted by molar-refractivity contribution is 7.09. The molecule has 0 aromatic carbocycles. The van der Waals surface area contributed by atoms with E-state index in [0.717, 1.165) is 27.8 Å². The van der Waals surface area contributed by atoms with Crippen LogP contribution in [0.2, 0.25) is 0 Å². The average Bonchev–Trinajstić information content (AvgIpc) is 3.52. The number of alkyl halides is 3. The third kappa shape index (κ3) is 6.80. The van der Waals surface area contributed by atoms with Crippen molar-refractivity contribution in [1.82, 2.24) is 44.1 Å². The lowest BCUT2D eigenvalue weighted by molar-refractivity contribution is -0.138. The second-order valence-corrected chi connectivity index (χ2v) is 9.44. The number of amides is 1. The fourth-order valence-corrected chi connectivity index (χ4v) is 4.06. The molecule has 0 atom stereocenters. The average molecular weight is 592 g/mol. The van der Waals surface area contributed by atoms with Crippen molar-refractivity contribution in [3.63, 3.8) is 0 Å². The fraction of sp³-hybridized carbons (Fsp3) is 0.292. The maximum Gasteiger partial charge on any atom is 0.419 e. The highest BCUT2D eigenvalue weighted by atomic mass is 32.1. The Bertz CT molecular complexity index is 1550. The van der Waals surface area contributed by atoms with Gasteiger partial charge in [-0.25, -0.2) is 25.0 Å².